The van der Waals surface area contributed by atoms with Crippen LogP contribution in [0.1, 0.15) is 27.3 Å². The quantitative estimate of drug-likeness (QED) is 0.571. The summed E-state index contributed by atoms with van der Waals surface area (Å²) in [5, 5.41) is 4.75. The first-order valence-electron chi connectivity index (χ1n) is 7.74. The lowest BCUT2D eigenvalue weighted by Gasteiger charge is -2.09. The number of amides is 1. The smallest absolute Gasteiger partial charge is 0.272 e. The zero-order valence-electron chi connectivity index (χ0n) is 13.9. The van der Waals surface area contributed by atoms with Gasteiger partial charge in [-0.25, -0.2) is 5.43 Å². The van der Waals surface area contributed by atoms with Crippen LogP contribution in [0.4, 0.5) is 0 Å². The molecule has 3 rings (SSSR count). The maximum atomic E-state index is 12.0. The van der Waals surface area contributed by atoms with Crippen LogP contribution in [-0.2, 0) is 0 Å². The fourth-order valence-electron chi connectivity index (χ4n) is 2.63. The normalized spacial score (nSPS) is 11.0. The van der Waals surface area contributed by atoms with Crippen LogP contribution in [0.15, 0.2) is 60.0 Å². The van der Waals surface area contributed by atoms with Crippen LogP contribution >= 0.6 is 11.6 Å². The maximum absolute atomic E-state index is 12.0. The van der Waals surface area contributed by atoms with Gasteiger partial charge in [-0.05, 0) is 56.3 Å². The SMILES string of the molecule is Cc1cc(/C=N\NC(=O)c2cccnc2)c(C)n1-c1ccc(Cl)cc1. The van der Waals surface area contributed by atoms with E-state index in [-0.39, 0.29) is 5.91 Å². The van der Waals surface area contributed by atoms with Gasteiger partial charge >= 0.3 is 0 Å². The maximum Gasteiger partial charge on any atom is 0.272 e. The number of aromatic nitrogens is 2. The van der Waals surface area contributed by atoms with Crippen molar-refractivity contribution in [2.75, 3.05) is 0 Å². The molecule has 0 atom stereocenters. The molecule has 2 aromatic heterocycles. The topological polar surface area (TPSA) is 59.3 Å². The highest BCUT2D eigenvalue weighted by molar-refractivity contribution is 6.30. The van der Waals surface area contributed by atoms with Gasteiger partial charge < -0.3 is 4.57 Å². The number of rotatable bonds is 4. The molecule has 1 N–H and O–H groups in total. The Labute approximate surface area is 151 Å². The lowest BCUT2D eigenvalue weighted by atomic mass is 10.2. The second-order valence-electron chi connectivity index (χ2n) is 5.58. The number of hydrogen-bond acceptors (Lipinski definition) is 3. The molecule has 3 aromatic rings. The van der Waals surface area contributed by atoms with E-state index in [9.17, 15) is 4.79 Å². The highest BCUT2D eigenvalue weighted by Crippen LogP contribution is 2.21. The first-order valence-corrected chi connectivity index (χ1v) is 8.12. The fraction of sp³-hybridized carbons (Fsp3) is 0.105. The lowest BCUT2D eigenvalue weighted by molar-refractivity contribution is 0.0955. The van der Waals surface area contributed by atoms with Crippen molar-refractivity contribution in [3.05, 3.63) is 82.4 Å². The number of pyridine rings is 1. The second kappa shape index (κ2) is 7.32. The monoisotopic (exact) mass is 352 g/mol. The summed E-state index contributed by atoms with van der Waals surface area (Å²) in [7, 11) is 0. The van der Waals surface area contributed by atoms with Crippen molar-refractivity contribution in [3.8, 4) is 5.69 Å². The largest absolute Gasteiger partial charge is 0.318 e. The predicted octanol–water partition coefficient (Wildman–Crippen LogP) is 3.91. The highest BCUT2D eigenvalue weighted by atomic mass is 35.5. The van der Waals surface area contributed by atoms with Crippen LogP contribution in [0, 0.1) is 13.8 Å². The summed E-state index contributed by atoms with van der Waals surface area (Å²) in [5.41, 5.74) is 7.03. The molecule has 1 amide bonds. The molecule has 0 fully saturated rings. The van der Waals surface area contributed by atoms with Gasteiger partial charge in [0, 0.05) is 40.1 Å². The van der Waals surface area contributed by atoms with Crippen molar-refractivity contribution in [2.45, 2.75) is 13.8 Å². The Balaban J connectivity index is 1.79. The molecule has 0 saturated carbocycles. The second-order valence-corrected chi connectivity index (χ2v) is 6.02. The van der Waals surface area contributed by atoms with Crippen LogP contribution in [0.25, 0.3) is 5.69 Å². The summed E-state index contributed by atoms with van der Waals surface area (Å²) in [6.07, 6.45) is 4.76. The van der Waals surface area contributed by atoms with Gasteiger partial charge in [0.1, 0.15) is 0 Å². The van der Waals surface area contributed by atoms with Crippen LogP contribution in [0.5, 0.6) is 0 Å². The predicted molar refractivity (Wildman–Crippen MR) is 99.6 cm³/mol. The van der Waals surface area contributed by atoms with Gasteiger partial charge in [0.15, 0.2) is 0 Å². The van der Waals surface area contributed by atoms with Crippen molar-refractivity contribution >= 4 is 23.7 Å². The third-order valence-electron chi connectivity index (χ3n) is 3.85. The Bertz CT molecular complexity index is 915. The Kier molecular flexibility index (Phi) is 4.95. The van der Waals surface area contributed by atoms with E-state index in [1.165, 1.54) is 6.20 Å². The average Bonchev–Trinajstić information content (AvgIpc) is 2.90. The molecule has 6 heteroatoms. The molecule has 0 aliphatic rings. The van der Waals surface area contributed by atoms with Crippen LogP contribution in [0.2, 0.25) is 5.02 Å². The standard InChI is InChI=1S/C19H17ClN4O/c1-13-10-16(12-22-23-19(25)15-4-3-9-21-11-15)14(2)24(13)18-7-5-17(20)6-8-18/h3-12H,1-2H3,(H,23,25)/b22-12-. The number of hydrazone groups is 1. The molecule has 0 aliphatic heterocycles. The number of hydrogen-bond donors (Lipinski definition) is 1. The van der Waals surface area contributed by atoms with E-state index in [2.05, 4.69) is 20.1 Å². The molecular weight excluding hydrogens is 336 g/mol. The molecule has 0 spiro atoms. The third-order valence-corrected chi connectivity index (χ3v) is 4.10. The van der Waals surface area contributed by atoms with E-state index >= 15 is 0 Å². The fourth-order valence-corrected chi connectivity index (χ4v) is 2.75. The van der Waals surface area contributed by atoms with Gasteiger partial charge in [-0.2, -0.15) is 5.10 Å². The molecule has 0 aliphatic carbocycles. The van der Waals surface area contributed by atoms with E-state index in [4.69, 9.17) is 11.6 Å². The van der Waals surface area contributed by atoms with Gasteiger partial charge in [0.05, 0.1) is 11.8 Å². The van der Waals surface area contributed by atoms with Gasteiger partial charge in [-0.1, -0.05) is 11.6 Å². The first-order chi connectivity index (χ1) is 12.1. The number of nitrogens with zero attached hydrogens (tertiary/aromatic N) is 3. The van der Waals surface area contributed by atoms with Crippen LogP contribution < -0.4 is 5.43 Å². The van der Waals surface area contributed by atoms with E-state index in [1.54, 1.807) is 24.5 Å². The van der Waals surface area contributed by atoms with Crippen molar-refractivity contribution in [1.82, 2.24) is 15.0 Å². The number of benzene rings is 1. The van der Waals surface area contributed by atoms with E-state index < -0.39 is 0 Å². The molecule has 126 valence electrons. The van der Waals surface area contributed by atoms with Gasteiger partial charge in [0.25, 0.3) is 5.91 Å². The number of nitrogens with one attached hydrogen (secondary N) is 1. The molecule has 5 nitrogen and oxygen atoms in total. The average molecular weight is 353 g/mol. The summed E-state index contributed by atoms with van der Waals surface area (Å²) in [6, 6.07) is 13.1. The van der Waals surface area contributed by atoms with E-state index in [0.29, 0.717) is 10.6 Å². The van der Waals surface area contributed by atoms with Crippen molar-refractivity contribution in [1.29, 1.82) is 0 Å². The molecule has 0 saturated heterocycles. The Morgan fingerprint density at radius 3 is 2.68 bits per heavy atom. The minimum atomic E-state index is -0.296. The van der Waals surface area contributed by atoms with Crippen LogP contribution in [0.3, 0.4) is 0 Å². The summed E-state index contributed by atoms with van der Waals surface area (Å²) >= 11 is 5.96. The minimum Gasteiger partial charge on any atom is -0.318 e. The Hall–Kier alpha value is -2.92. The summed E-state index contributed by atoms with van der Waals surface area (Å²) in [6.45, 7) is 4.03. The van der Waals surface area contributed by atoms with Crippen molar-refractivity contribution in [3.63, 3.8) is 0 Å². The first kappa shape index (κ1) is 16.9. The molecule has 0 radical (unpaired) electrons. The summed E-state index contributed by atoms with van der Waals surface area (Å²) in [4.78, 5) is 15.9. The zero-order chi connectivity index (χ0) is 17.8. The minimum absolute atomic E-state index is 0.296. The zero-order valence-corrected chi connectivity index (χ0v) is 14.7. The molecule has 25 heavy (non-hydrogen) atoms. The third kappa shape index (κ3) is 3.78. The number of carbonyl (C=O) groups excluding carboxylic acids is 1. The van der Waals surface area contributed by atoms with Gasteiger partial charge in [-0.3, -0.25) is 9.78 Å². The number of halogens is 1. The van der Waals surface area contributed by atoms with Crippen molar-refractivity contribution in [2.24, 2.45) is 5.10 Å². The molecule has 2 heterocycles. The van der Waals surface area contributed by atoms with Gasteiger partial charge in [0.2, 0.25) is 0 Å². The molecule has 1 aromatic carbocycles. The van der Waals surface area contributed by atoms with Crippen LogP contribution in [-0.4, -0.2) is 21.7 Å². The molecule has 0 bridgehead atoms. The Morgan fingerprint density at radius 1 is 1.24 bits per heavy atom. The summed E-state index contributed by atoms with van der Waals surface area (Å²) in [5.74, 6) is -0.296. The highest BCUT2D eigenvalue weighted by Gasteiger charge is 2.09. The van der Waals surface area contributed by atoms with E-state index in [0.717, 1.165) is 22.6 Å². The van der Waals surface area contributed by atoms with E-state index in [1.807, 2.05) is 44.2 Å². The molecule has 0 unspecified atom stereocenters. The van der Waals surface area contributed by atoms with Crippen molar-refractivity contribution < 1.29 is 4.79 Å². The number of carbonyl (C=O) groups is 1. The Morgan fingerprint density at radius 2 is 2.00 bits per heavy atom. The summed E-state index contributed by atoms with van der Waals surface area (Å²) < 4.78 is 2.11. The lowest BCUT2D eigenvalue weighted by Crippen LogP contribution is -2.17. The molecular formula is C19H17ClN4O. The van der Waals surface area contributed by atoms with Gasteiger partial charge in [-0.15, -0.1) is 0 Å². The number of aryl methyl sites for hydroxylation is 1.